The van der Waals surface area contributed by atoms with Crippen LogP contribution in [-0.4, -0.2) is 55.0 Å². The molecule has 6 heteroatoms. The molecule has 1 aliphatic carbocycles. The largest absolute Gasteiger partial charge is 0.352 e. The van der Waals surface area contributed by atoms with E-state index in [2.05, 4.69) is 15.5 Å². The quantitative estimate of drug-likeness (QED) is 0.831. The Balaban J connectivity index is 1.37. The van der Waals surface area contributed by atoms with Gasteiger partial charge in [0.2, 0.25) is 5.91 Å². The van der Waals surface area contributed by atoms with Gasteiger partial charge >= 0.3 is 0 Å². The highest BCUT2D eigenvalue weighted by Crippen LogP contribution is 2.27. The summed E-state index contributed by atoms with van der Waals surface area (Å²) in [6, 6.07) is -0.588. The van der Waals surface area contributed by atoms with Crippen molar-refractivity contribution >= 4 is 5.91 Å². The number of amides is 1. The van der Waals surface area contributed by atoms with E-state index in [1.807, 2.05) is 0 Å². The summed E-state index contributed by atoms with van der Waals surface area (Å²) in [7, 11) is 0. The molecule has 0 aromatic rings. The van der Waals surface area contributed by atoms with Crippen LogP contribution in [0.25, 0.3) is 0 Å². The Morgan fingerprint density at radius 3 is 2.45 bits per heavy atom. The Morgan fingerprint density at radius 1 is 1.18 bits per heavy atom. The van der Waals surface area contributed by atoms with Gasteiger partial charge < -0.3 is 10.2 Å². The lowest BCUT2D eigenvalue weighted by atomic mass is 10.0. The summed E-state index contributed by atoms with van der Waals surface area (Å²) in [4.78, 5) is 14.5. The monoisotopic (exact) mass is 315 g/mol. The van der Waals surface area contributed by atoms with Crippen molar-refractivity contribution in [3.8, 4) is 0 Å². The number of carbonyl (C=O) groups excluding carboxylic acids is 1. The molecule has 126 valence electrons. The minimum atomic E-state index is -2.74. The number of alkyl halides is 2. The Bertz CT molecular complexity index is 391. The van der Waals surface area contributed by atoms with E-state index >= 15 is 0 Å². The number of likely N-dealkylation sites (tertiary alicyclic amines) is 1. The molecule has 1 saturated carbocycles. The SMILES string of the molecule is O=C(NC1CCN(CC2CCCC2)CC1)C1CC(F)(F)CN1. The van der Waals surface area contributed by atoms with E-state index < -0.39 is 12.0 Å². The number of hydrogen-bond acceptors (Lipinski definition) is 3. The summed E-state index contributed by atoms with van der Waals surface area (Å²) >= 11 is 0. The van der Waals surface area contributed by atoms with Crippen molar-refractivity contribution in [3.63, 3.8) is 0 Å². The minimum absolute atomic E-state index is 0.142. The van der Waals surface area contributed by atoms with Gasteiger partial charge in [0.05, 0.1) is 12.6 Å². The smallest absolute Gasteiger partial charge is 0.262 e. The first-order valence-electron chi connectivity index (χ1n) is 8.66. The van der Waals surface area contributed by atoms with E-state index in [4.69, 9.17) is 0 Å². The van der Waals surface area contributed by atoms with Crippen molar-refractivity contribution in [1.82, 2.24) is 15.5 Å². The first-order chi connectivity index (χ1) is 10.5. The topological polar surface area (TPSA) is 44.4 Å². The van der Waals surface area contributed by atoms with Crippen molar-refractivity contribution < 1.29 is 13.6 Å². The highest BCUT2D eigenvalue weighted by molar-refractivity contribution is 5.82. The van der Waals surface area contributed by atoms with E-state index in [-0.39, 0.29) is 24.9 Å². The first kappa shape index (κ1) is 16.1. The summed E-state index contributed by atoms with van der Waals surface area (Å²) in [5.41, 5.74) is 0. The summed E-state index contributed by atoms with van der Waals surface area (Å²) in [6.45, 7) is 2.83. The third-order valence-corrected chi connectivity index (χ3v) is 5.35. The van der Waals surface area contributed by atoms with Gasteiger partial charge in [-0.1, -0.05) is 12.8 Å². The van der Waals surface area contributed by atoms with Crippen molar-refractivity contribution in [1.29, 1.82) is 0 Å². The maximum atomic E-state index is 13.1. The third kappa shape index (κ3) is 4.16. The van der Waals surface area contributed by atoms with E-state index in [9.17, 15) is 13.6 Å². The van der Waals surface area contributed by atoms with Crippen LogP contribution in [0.3, 0.4) is 0 Å². The van der Waals surface area contributed by atoms with Crippen LogP contribution < -0.4 is 10.6 Å². The predicted octanol–water partition coefficient (Wildman–Crippen LogP) is 1.75. The second-order valence-corrected chi connectivity index (χ2v) is 7.23. The van der Waals surface area contributed by atoms with Gasteiger partial charge in [0.1, 0.15) is 0 Å². The molecule has 3 aliphatic rings. The Morgan fingerprint density at radius 2 is 1.86 bits per heavy atom. The van der Waals surface area contributed by atoms with Gasteiger partial charge in [0.15, 0.2) is 0 Å². The van der Waals surface area contributed by atoms with Gasteiger partial charge in [-0.25, -0.2) is 8.78 Å². The second kappa shape index (κ2) is 6.79. The van der Waals surface area contributed by atoms with E-state index in [0.29, 0.717) is 0 Å². The van der Waals surface area contributed by atoms with Gasteiger partial charge in [-0.2, -0.15) is 0 Å². The summed E-state index contributed by atoms with van der Waals surface area (Å²) in [6.07, 6.45) is 6.95. The van der Waals surface area contributed by atoms with Crippen LogP contribution in [0.2, 0.25) is 0 Å². The fraction of sp³-hybridized carbons (Fsp3) is 0.938. The zero-order chi connectivity index (χ0) is 15.6. The van der Waals surface area contributed by atoms with Crippen LogP contribution in [0.15, 0.2) is 0 Å². The third-order valence-electron chi connectivity index (χ3n) is 5.35. The van der Waals surface area contributed by atoms with Crippen LogP contribution in [0.4, 0.5) is 8.78 Å². The van der Waals surface area contributed by atoms with Crippen LogP contribution >= 0.6 is 0 Å². The summed E-state index contributed by atoms with van der Waals surface area (Å²) < 4.78 is 26.3. The fourth-order valence-electron chi connectivity index (χ4n) is 4.02. The number of rotatable bonds is 4. The molecule has 1 amide bonds. The highest BCUT2D eigenvalue weighted by atomic mass is 19.3. The molecule has 0 aromatic heterocycles. The molecule has 0 aromatic carbocycles. The fourth-order valence-corrected chi connectivity index (χ4v) is 4.02. The Kier molecular flexibility index (Phi) is 4.97. The molecule has 2 saturated heterocycles. The normalized spacial score (nSPS) is 30.7. The molecule has 3 fully saturated rings. The molecular formula is C16H27F2N3O. The molecule has 2 aliphatic heterocycles. The van der Waals surface area contributed by atoms with Gasteiger partial charge in [-0.3, -0.25) is 10.1 Å². The average molecular weight is 315 g/mol. The van der Waals surface area contributed by atoms with E-state index in [1.165, 1.54) is 32.2 Å². The average Bonchev–Trinajstić information content (AvgIpc) is 3.10. The number of halogens is 2. The zero-order valence-corrected chi connectivity index (χ0v) is 13.1. The summed E-state index contributed by atoms with van der Waals surface area (Å²) in [5, 5.41) is 5.57. The highest BCUT2D eigenvalue weighted by Gasteiger charge is 2.42. The van der Waals surface area contributed by atoms with Gasteiger partial charge in [-0.05, 0) is 31.6 Å². The zero-order valence-electron chi connectivity index (χ0n) is 13.1. The lowest BCUT2D eigenvalue weighted by Crippen LogP contribution is -2.49. The maximum Gasteiger partial charge on any atom is 0.262 e. The van der Waals surface area contributed by atoms with Crippen molar-refractivity contribution in [3.05, 3.63) is 0 Å². The number of piperidine rings is 1. The first-order valence-corrected chi connectivity index (χ1v) is 8.66. The molecule has 0 bridgehead atoms. The standard InChI is InChI=1S/C16H27F2N3O/c17-16(18)9-14(19-11-16)15(22)20-13-5-7-21(8-6-13)10-12-3-1-2-4-12/h12-14,19H,1-11H2,(H,20,22). The number of carbonyl (C=O) groups is 1. The number of nitrogens with one attached hydrogen (secondary N) is 2. The van der Waals surface area contributed by atoms with Gasteiger partial charge in [0.25, 0.3) is 5.92 Å². The number of hydrogen-bond donors (Lipinski definition) is 2. The van der Waals surface area contributed by atoms with Crippen molar-refractivity contribution in [2.45, 2.75) is 63.0 Å². The lowest BCUT2D eigenvalue weighted by molar-refractivity contribution is -0.124. The molecule has 2 heterocycles. The number of nitrogens with zero attached hydrogens (tertiary/aromatic N) is 1. The van der Waals surface area contributed by atoms with Crippen LogP contribution in [0, 0.1) is 5.92 Å². The second-order valence-electron chi connectivity index (χ2n) is 7.23. The molecule has 4 nitrogen and oxygen atoms in total. The molecule has 0 radical (unpaired) electrons. The van der Waals surface area contributed by atoms with Crippen molar-refractivity contribution in [2.75, 3.05) is 26.2 Å². The minimum Gasteiger partial charge on any atom is -0.352 e. The Labute approximate surface area is 131 Å². The maximum absolute atomic E-state index is 13.1. The van der Waals surface area contributed by atoms with Gasteiger partial charge in [-0.15, -0.1) is 0 Å². The lowest BCUT2D eigenvalue weighted by Gasteiger charge is -2.34. The molecule has 2 N–H and O–H groups in total. The van der Waals surface area contributed by atoms with Gasteiger partial charge in [0, 0.05) is 32.1 Å². The molecule has 0 spiro atoms. The van der Waals surface area contributed by atoms with Crippen LogP contribution in [0.5, 0.6) is 0 Å². The predicted molar refractivity (Wildman–Crippen MR) is 80.9 cm³/mol. The van der Waals surface area contributed by atoms with Crippen molar-refractivity contribution in [2.24, 2.45) is 5.92 Å². The summed E-state index contributed by atoms with van der Waals surface area (Å²) in [5.74, 6) is -2.14. The van der Waals surface area contributed by atoms with Crippen LogP contribution in [0.1, 0.15) is 44.9 Å². The molecule has 1 atom stereocenters. The van der Waals surface area contributed by atoms with E-state index in [0.717, 1.165) is 31.8 Å². The molecule has 22 heavy (non-hydrogen) atoms. The molecule has 1 unspecified atom stereocenters. The van der Waals surface area contributed by atoms with E-state index in [1.54, 1.807) is 0 Å². The molecular weight excluding hydrogens is 288 g/mol. The van der Waals surface area contributed by atoms with Crippen LogP contribution in [-0.2, 0) is 4.79 Å². The Hall–Kier alpha value is -0.750. The molecule has 3 rings (SSSR count).